The molecule has 0 radical (unpaired) electrons. The highest BCUT2D eigenvalue weighted by Crippen LogP contribution is 2.23. The Morgan fingerprint density at radius 2 is 1.03 bits per heavy atom. The lowest BCUT2D eigenvalue weighted by molar-refractivity contribution is -0.302. The van der Waals surface area contributed by atoms with E-state index < -0.39 is 49.5 Å². The van der Waals surface area contributed by atoms with Crippen molar-refractivity contribution in [2.45, 2.75) is 275 Å². The number of carbonyl (C=O) groups is 2. The molecule has 0 aromatic carbocycles. The Morgan fingerprint density at radius 3 is 1.57 bits per heavy atom. The molecule has 1 rings (SSSR count). The fraction of sp³-hybridized carbons (Fsp3) is 0.852. The monoisotopic (exact) mass is 922 g/mol. The molecule has 11 nitrogen and oxygen atoms in total. The summed E-state index contributed by atoms with van der Waals surface area (Å²) in [6.07, 6.45) is 42.2. The molecule has 0 bridgehead atoms. The summed E-state index contributed by atoms with van der Waals surface area (Å²) in [5, 5.41) is 54.1. The normalized spacial score (nSPS) is 20.0. The van der Waals surface area contributed by atoms with Gasteiger partial charge in [-0.05, 0) is 64.2 Å². The predicted molar refractivity (Wildman–Crippen MR) is 264 cm³/mol. The van der Waals surface area contributed by atoms with Gasteiger partial charge in [-0.2, -0.15) is 0 Å². The van der Waals surface area contributed by atoms with Gasteiger partial charge in [0.15, 0.2) is 6.29 Å². The molecule has 0 aromatic rings. The Hall–Kier alpha value is -2.12. The zero-order valence-corrected chi connectivity index (χ0v) is 41.4. The first-order chi connectivity index (χ1) is 31.7. The fourth-order valence-electron chi connectivity index (χ4n) is 8.17. The van der Waals surface area contributed by atoms with E-state index in [1.807, 2.05) is 6.08 Å². The van der Waals surface area contributed by atoms with Crippen LogP contribution in [0.5, 0.6) is 0 Å². The van der Waals surface area contributed by atoms with Gasteiger partial charge in [0.05, 0.1) is 32.0 Å². The van der Waals surface area contributed by atoms with E-state index in [-0.39, 0.29) is 18.5 Å². The molecule has 0 aromatic heterocycles. The van der Waals surface area contributed by atoms with Crippen molar-refractivity contribution in [3.63, 3.8) is 0 Å². The van der Waals surface area contributed by atoms with Gasteiger partial charge < -0.3 is 45.1 Å². The van der Waals surface area contributed by atoms with Crippen molar-refractivity contribution in [1.29, 1.82) is 0 Å². The minimum Gasteiger partial charge on any atom is -0.466 e. The van der Waals surface area contributed by atoms with Crippen LogP contribution in [-0.2, 0) is 23.8 Å². The van der Waals surface area contributed by atoms with Gasteiger partial charge in [0.2, 0.25) is 5.91 Å². The van der Waals surface area contributed by atoms with E-state index in [0.717, 1.165) is 83.5 Å². The molecule has 1 saturated heterocycles. The Balaban J connectivity index is 2.11. The minimum absolute atomic E-state index is 0.0475. The summed E-state index contributed by atoms with van der Waals surface area (Å²) in [5.74, 6) is -0.249. The minimum atomic E-state index is -1.58. The van der Waals surface area contributed by atoms with Crippen LogP contribution in [0, 0.1) is 0 Å². The first kappa shape index (κ1) is 60.9. The van der Waals surface area contributed by atoms with Crippen LogP contribution in [-0.4, -0.2) is 100 Å². The maximum absolute atomic E-state index is 13.0. The van der Waals surface area contributed by atoms with Gasteiger partial charge in [-0.1, -0.05) is 192 Å². The summed E-state index contributed by atoms with van der Waals surface area (Å²) in [6, 6.07) is -0.821. The molecule has 65 heavy (non-hydrogen) atoms. The van der Waals surface area contributed by atoms with Crippen molar-refractivity contribution in [2.24, 2.45) is 0 Å². The molecular weight excluding hydrogens is 823 g/mol. The number of unbranched alkanes of at least 4 members (excludes halogenated alkanes) is 27. The number of aliphatic hydroxyl groups excluding tert-OH is 5. The quantitative estimate of drug-likeness (QED) is 0.0196. The number of ether oxygens (including phenoxy) is 3. The highest BCUT2D eigenvalue weighted by atomic mass is 16.7. The molecule has 0 spiro atoms. The lowest BCUT2D eigenvalue weighted by Crippen LogP contribution is -2.60. The van der Waals surface area contributed by atoms with Gasteiger partial charge in [-0.3, -0.25) is 9.59 Å². The topological polar surface area (TPSA) is 175 Å². The number of aliphatic hydroxyl groups is 5. The van der Waals surface area contributed by atoms with Gasteiger partial charge in [0.1, 0.15) is 24.4 Å². The van der Waals surface area contributed by atoms with E-state index in [0.29, 0.717) is 19.4 Å². The van der Waals surface area contributed by atoms with Gasteiger partial charge >= 0.3 is 5.97 Å². The number of hydrogen-bond acceptors (Lipinski definition) is 10. The predicted octanol–water partition coefficient (Wildman–Crippen LogP) is 11.2. The molecule has 7 unspecified atom stereocenters. The Kier molecular flexibility index (Phi) is 41.6. The van der Waals surface area contributed by atoms with E-state index >= 15 is 0 Å². The maximum atomic E-state index is 13.0. The molecule has 1 amide bonds. The Labute approximate surface area is 396 Å². The SMILES string of the molecule is CCCCCC/C=C\C/C=C\CCCCCCCC(=O)OCCCCCCCCCCCCCCC(=O)NC(COC1OC(CO)C(O)C(O)C1O)C(O)/C=C/CCCCCCCCC. The van der Waals surface area contributed by atoms with E-state index in [4.69, 9.17) is 14.2 Å². The molecular formula is C54H99NO10. The van der Waals surface area contributed by atoms with Crippen LogP contribution in [0.2, 0.25) is 0 Å². The number of nitrogens with one attached hydrogen (secondary N) is 1. The van der Waals surface area contributed by atoms with Crippen molar-refractivity contribution in [3.8, 4) is 0 Å². The second-order valence-corrected chi connectivity index (χ2v) is 18.6. The molecule has 11 heteroatoms. The largest absolute Gasteiger partial charge is 0.466 e. The van der Waals surface area contributed by atoms with Gasteiger partial charge in [0.25, 0.3) is 0 Å². The van der Waals surface area contributed by atoms with Crippen LogP contribution in [0.15, 0.2) is 36.5 Å². The number of hydrogen-bond donors (Lipinski definition) is 6. The van der Waals surface area contributed by atoms with Crippen molar-refractivity contribution >= 4 is 11.9 Å². The third kappa shape index (κ3) is 34.8. The molecule has 1 aliphatic rings. The smallest absolute Gasteiger partial charge is 0.305 e. The van der Waals surface area contributed by atoms with E-state index in [1.165, 1.54) is 122 Å². The van der Waals surface area contributed by atoms with Crippen LogP contribution in [0.4, 0.5) is 0 Å². The standard InChI is InChI=1S/C54H99NO10/c1-3-5-7-9-11-13-14-15-16-17-18-22-26-30-34-38-42-50(59)63-43-39-35-31-27-23-20-19-21-25-29-33-37-41-49(58)55-46(47(57)40-36-32-28-24-12-10-8-6-4-2)45-64-54-53(62)52(61)51(60)48(44-56)65-54/h13-14,16-17,36,40,46-48,51-54,56-57,60-62H,3-12,15,18-35,37-39,41-45H2,1-2H3,(H,55,58)/b14-13-,17-16-,40-36+. The van der Waals surface area contributed by atoms with Gasteiger partial charge in [-0.25, -0.2) is 0 Å². The first-order valence-corrected chi connectivity index (χ1v) is 26.8. The number of rotatable bonds is 45. The van der Waals surface area contributed by atoms with Crippen LogP contribution in [0.3, 0.4) is 0 Å². The maximum Gasteiger partial charge on any atom is 0.305 e. The number of allylic oxidation sites excluding steroid dienone is 5. The second-order valence-electron chi connectivity index (χ2n) is 18.6. The molecule has 6 N–H and O–H groups in total. The third-order valence-electron chi connectivity index (χ3n) is 12.5. The van der Waals surface area contributed by atoms with Crippen LogP contribution < -0.4 is 5.32 Å². The van der Waals surface area contributed by atoms with Gasteiger partial charge in [-0.15, -0.1) is 0 Å². The Morgan fingerprint density at radius 1 is 0.569 bits per heavy atom. The summed E-state index contributed by atoms with van der Waals surface area (Å²) in [5.41, 5.74) is 0. The van der Waals surface area contributed by atoms with Crippen LogP contribution in [0.25, 0.3) is 0 Å². The van der Waals surface area contributed by atoms with Crippen molar-refractivity contribution < 1.29 is 49.3 Å². The lowest BCUT2D eigenvalue weighted by atomic mass is 9.99. The summed E-state index contributed by atoms with van der Waals surface area (Å²) < 4.78 is 16.6. The average molecular weight is 922 g/mol. The zero-order valence-electron chi connectivity index (χ0n) is 41.4. The van der Waals surface area contributed by atoms with Crippen molar-refractivity contribution in [1.82, 2.24) is 5.32 Å². The van der Waals surface area contributed by atoms with Crippen LogP contribution in [0.1, 0.15) is 232 Å². The molecule has 7 atom stereocenters. The summed E-state index contributed by atoms with van der Waals surface area (Å²) in [7, 11) is 0. The molecule has 0 saturated carbocycles. The lowest BCUT2D eigenvalue weighted by Gasteiger charge is -2.40. The summed E-state index contributed by atoms with van der Waals surface area (Å²) in [4.78, 5) is 25.0. The molecule has 380 valence electrons. The first-order valence-electron chi connectivity index (χ1n) is 26.8. The number of esters is 1. The summed E-state index contributed by atoms with van der Waals surface area (Å²) >= 11 is 0. The molecule has 1 aliphatic heterocycles. The van der Waals surface area contributed by atoms with Crippen LogP contribution >= 0.6 is 0 Å². The molecule has 1 heterocycles. The number of carbonyl (C=O) groups excluding carboxylic acids is 2. The fourth-order valence-corrected chi connectivity index (χ4v) is 8.17. The summed E-state index contributed by atoms with van der Waals surface area (Å²) in [6.45, 7) is 4.22. The van der Waals surface area contributed by atoms with E-state index in [1.54, 1.807) is 6.08 Å². The van der Waals surface area contributed by atoms with E-state index in [9.17, 15) is 35.1 Å². The van der Waals surface area contributed by atoms with E-state index in [2.05, 4.69) is 43.5 Å². The highest BCUT2D eigenvalue weighted by Gasteiger charge is 2.44. The van der Waals surface area contributed by atoms with Crippen molar-refractivity contribution in [3.05, 3.63) is 36.5 Å². The average Bonchev–Trinajstić information content (AvgIpc) is 3.30. The van der Waals surface area contributed by atoms with Crippen molar-refractivity contribution in [2.75, 3.05) is 19.8 Å². The number of amides is 1. The zero-order chi connectivity index (χ0) is 47.4. The molecule has 0 aliphatic carbocycles. The highest BCUT2D eigenvalue weighted by molar-refractivity contribution is 5.76. The molecule has 1 fully saturated rings. The second kappa shape index (κ2) is 44.4. The Bertz CT molecular complexity index is 1180. The van der Waals surface area contributed by atoms with Gasteiger partial charge in [0, 0.05) is 12.8 Å². The third-order valence-corrected chi connectivity index (χ3v) is 12.5.